The maximum absolute atomic E-state index is 11.3. The zero-order valence-electron chi connectivity index (χ0n) is 11.9. The van der Waals surface area contributed by atoms with Crippen LogP contribution < -0.4 is 0 Å². The first-order valence-electron chi connectivity index (χ1n) is 6.70. The van der Waals surface area contributed by atoms with Crippen molar-refractivity contribution >= 4 is 29.3 Å². The van der Waals surface area contributed by atoms with Crippen molar-refractivity contribution in [2.75, 3.05) is 19.6 Å². The molecule has 2 aromatic rings. The van der Waals surface area contributed by atoms with Crippen LogP contribution >= 0.6 is 12.4 Å². The summed E-state index contributed by atoms with van der Waals surface area (Å²) in [4.78, 5) is 13.6. The van der Waals surface area contributed by atoms with Gasteiger partial charge in [-0.15, -0.1) is 12.4 Å². The van der Waals surface area contributed by atoms with Gasteiger partial charge in [0, 0.05) is 30.2 Å². The van der Waals surface area contributed by atoms with Crippen LogP contribution in [0.25, 0.3) is 10.9 Å². The lowest BCUT2D eigenvalue weighted by Crippen LogP contribution is -2.26. The average molecular weight is 297 g/mol. The SMILES string of the molecule is CCN(CC)CCn1cc(C(=O)O)c2ccccc21.Cl. The summed E-state index contributed by atoms with van der Waals surface area (Å²) in [5, 5.41) is 10.1. The molecule has 1 aromatic carbocycles. The predicted octanol–water partition coefficient (Wildman–Crippen LogP) is 3.10. The molecule has 20 heavy (non-hydrogen) atoms. The molecule has 0 saturated carbocycles. The van der Waals surface area contributed by atoms with E-state index in [4.69, 9.17) is 0 Å². The number of likely N-dealkylation sites (N-methyl/N-ethyl adjacent to an activating group) is 1. The molecule has 0 aliphatic heterocycles. The quantitative estimate of drug-likeness (QED) is 0.891. The van der Waals surface area contributed by atoms with Gasteiger partial charge in [0.1, 0.15) is 0 Å². The van der Waals surface area contributed by atoms with Crippen molar-refractivity contribution in [1.29, 1.82) is 0 Å². The van der Waals surface area contributed by atoms with Gasteiger partial charge in [0.25, 0.3) is 0 Å². The number of fused-ring (bicyclic) bond motifs is 1. The number of rotatable bonds is 6. The lowest BCUT2D eigenvalue weighted by Gasteiger charge is -2.18. The minimum atomic E-state index is -0.863. The average Bonchev–Trinajstić information content (AvgIpc) is 2.79. The summed E-state index contributed by atoms with van der Waals surface area (Å²) in [6.45, 7) is 8.06. The number of carboxylic acid groups (broad SMARTS) is 1. The Morgan fingerprint density at radius 1 is 1.25 bits per heavy atom. The number of carbonyl (C=O) groups is 1. The lowest BCUT2D eigenvalue weighted by molar-refractivity contribution is 0.0698. The van der Waals surface area contributed by atoms with Crippen molar-refractivity contribution < 1.29 is 9.90 Å². The van der Waals surface area contributed by atoms with Crippen molar-refractivity contribution in [2.24, 2.45) is 0 Å². The summed E-state index contributed by atoms with van der Waals surface area (Å²) in [6.07, 6.45) is 1.75. The molecule has 0 bridgehead atoms. The number of hydrogen-bond acceptors (Lipinski definition) is 2. The van der Waals surface area contributed by atoms with Gasteiger partial charge in [-0.3, -0.25) is 0 Å². The molecule has 1 N–H and O–H groups in total. The lowest BCUT2D eigenvalue weighted by atomic mass is 10.2. The Labute approximate surface area is 125 Å². The maximum atomic E-state index is 11.3. The van der Waals surface area contributed by atoms with Gasteiger partial charge in [-0.25, -0.2) is 4.79 Å². The van der Waals surface area contributed by atoms with Gasteiger partial charge in [0.15, 0.2) is 0 Å². The van der Waals surface area contributed by atoms with Gasteiger partial charge >= 0.3 is 5.97 Å². The highest BCUT2D eigenvalue weighted by Gasteiger charge is 2.13. The summed E-state index contributed by atoms with van der Waals surface area (Å²) < 4.78 is 2.04. The van der Waals surface area contributed by atoms with E-state index in [9.17, 15) is 9.90 Å². The summed E-state index contributed by atoms with van der Waals surface area (Å²) in [5.74, 6) is -0.863. The molecule has 1 heterocycles. The molecular weight excluding hydrogens is 276 g/mol. The van der Waals surface area contributed by atoms with E-state index in [-0.39, 0.29) is 12.4 Å². The number of carboxylic acids is 1. The Hall–Kier alpha value is -1.52. The van der Waals surface area contributed by atoms with Crippen LogP contribution in [0.3, 0.4) is 0 Å². The number of para-hydroxylation sites is 1. The van der Waals surface area contributed by atoms with Gasteiger partial charge in [0.2, 0.25) is 0 Å². The van der Waals surface area contributed by atoms with E-state index in [0.717, 1.165) is 37.1 Å². The van der Waals surface area contributed by atoms with E-state index in [1.54, 1.807) is 6.20 Å². The smallest absolute Gasteiger partial charge is 0.337 e. The van der Waals surface area contributed by atoms with Gasteiger partial charge < -0.3 is 14.6 Å². The van der Waals surface area contributed by atoms with Gasteiger partial charge in [-0.05, 0) is 19.2 Å². The predicted molar refractivity (Wildman–Crippen MR) is 83.9 cm³/mol. The molecule has 5 heteroatoms. The third-order valence-electron chi connectivity index (χ3n) is 3.57. The minimum Gasteiger partial charge on any atom is -0.478 e. The minimum absolute atomic E-state index is 0. The van der Waals surface area contributed by atoms with E-state index in [2.05, 4.69) is 18.7 Å². The van der Waals surface area contributed by atoms with E-state index in [0.29, 0.717) is 5.56 Å². The Morgan fingerprint density at radius 3 is 2.50 bits per heavy atom. The first kappa shape index (κ1) is 16.5. The van der Waals surface area contributed by atoms with Gasteiger partial charge in [-0.2, -0.15) is 0 Å². The Kier molecular flexibility index (Phi) is 6.05. The van der Waals surface area contributed by atoms with Crippen LogP contribution in [0.5, 0.6) is 0 Å². The second-order valence-corrected chi connectivity index (χ2v) is 4.59. The zero-order valence-corrected chi connectivity index (χ0v) is 12.7. The number of aromatic carboxylic acids is 1. The van der Waals surface area contributed by atoms with Crippen LogP contribution in [0.4, 0.5) is 0 Å². The van der Waals surface area contributed by atoms with Crippen molar-refractivity contribution in [1.82, 2.24) is 9.47 Å². The highest BCUT2D eigenvalue weighted by Crippen LogP contribution is 2.21. The molecular formula is C15H21ClN2O2. The molecule has 1 aromatic heterocycles. The molecule has 0 aliphatic rings. The number of halogens is 1. The van der Waals surface area contributed by atoms with Crippen molar-refractivity contribution in [3.63, 3.8) is 0 Å². The fourth-order valence-electron chi connectivity index (χ4n) is 2.39. The Morgan fingerprint density at radius 2 is 1.90 bits per heavy atom. The third kappa shape index (κ3) is 3.32. The highest BCUT2D eigenvalue weighted by atomic mass is 35.5. The van der Waals surface area contributed by atoms with Crippen LogP contribution in [0.2, 0.25) is 0 Å². The first-order chi connectivity index (χ1) is 9.17. The second-order valence-electron chi connectivity index (χ2n) is 4.59. The van der Waals surface area contributed by atoms with E-state index in [1.165, 1.54) is 0 Å². The van der Waals surface area contributed by atoms with Crippen LogP contribution in [-0.4, -0.2) is 40.2 Å². The molecule has 2 rings (SSSR count). The van der Waals surface area contributed by atoms with Gasteiger partial charge in [0.05, 0.1) is 5.56 Å². The fourth-order valence-corrected chi connectivity index (χ4v) is 2.39. The molecule has 0 fully saturated rings. The fraction of sp³-hybridized carbons (Fsp3) is 0.400. The first-order valence-corrected chi connectivity index (χ1v) is 6.70. The van der Waals surface area contributed by atoms with Crippen molar-refractivity contribution in [2.45, 2.75) is 20.4 Å². The third-order valence-corrected chi connectivity index (χ3v) is 3.57. The largest absolute Gasteiger partial charge is 0.478 e. The maximum Gasteiger partial charge on any atom is 0.337 e. The molecule has 110 valence electrons. The molecule has 0 atom stereocenters. The van der Waals surface area contributed by atoms with Crippen LogP contribution in [0, 0.1) is 0 Å². The monoisotopic (exact) mass is 296 g/mol. The summed E-state index contributed by atoms with van der Waals surface area (Å²) in [6, 6.07) is 7.67. The van der Waals surface area contributed by atoms with Gasteiger partial charge in [-0.1, -0.05) is 32.0 Å². The summed E-state index contributed by atoms with van der Waals surface area (Å²) in [7, 11) is 0. The second kappa shape index (κ2) is 7.31. The molecule has 4 nitrogen and oxygen atoms in total. The van der Waals surface area contributed by atoms with Crippen LogP contribution in [-0.2, 0) is 6.54 Å². The molecule has 0 saturated heterocycles. The number of hydrogen-bond donors (Lipinski definition) is 1. The highest BCUT2D eigenvalue weighted by molar-refractivity contribution is 6.03. The van der Waals surface area contributed by atoms with Crippen molar-refractivity contribution in [3.05, 3.63) is 36.0 Å². The Balaban J connectivity index is 0.00000200. The zero-order chi connectivity index (χ0) is 13.8. The number of nitrogens with zero attached hydrogens (tertiary/aromatic N) is 2. The molecule has 0 unspecified atom stereocenters. The molecule has 0 spiro atoms. The number of aromatic nitrogens is 1. The number of benzene rings is 1. The molecule has 0 radical (unpaired) electrons. The standard InChI is InChI=1S/C15H20N2O2.ClH/c1-3-16(4-2)9-10-17-11-13(15(18)19)12-7-5-6-8-14(12)17;/h5-8,11H,3-4,9-10H2,1-2H3,(H,18,19);1H. The summed E-state index contributed by atoms with van der Waals surface area (Å²) >= 11 is 0. The van der Waals surface area contributed by atoms with E-state index in [1.807, 2.05) is 28.8 Å². The van der Waals surface area contributed by atoms with E-state index < -0.39 is 5.97 Å². The van der Waals surface area contributed by atoms with E-state index >= 15 is 0 Å². The topological polar surface area (TPSA) is 45.5 Å². The normalized spacial score (nSPS) is 10.8. The Bertz CT molecular complexity index is 576. The van der Waals surface area contributed by atoms with Crippen LogP contribution in [0.1, 0.15) is 24.2 Å². The molecule has 0 aliphatic carbocycles. The van der Waals surface area contributed by atoms with Crippen LogP contribution in [0.15, 0.2) is 30.5 Å². The summed E-state index contributed by atoms with van der Waals surface area (Å²) in [5.41, 5.74) is 1.38. The van der Waals surface area contributed by atoms with Crippen molar-refractivity contribution in [3.8, 4) is 0 Å². The molecule has 0 amide bonds.